The molecule has 0 aliphatic carbocycles. The fraction of sp³-hybridized carbons (Fsp3) is 0.133. The summed E-state index contributed by atoms with van der Waals surface area (Å²) in [5, 5.41) is 4.60. The van der Waals surface area contributed by atoms with E-state index in [1.807, 2.05) is 19.1 Å². The number of hydrogen-bond acceptors (Lipinski definition) is 5. The van der Waals surface area contributed by atoms with Crippen LogP contribution in [0.1, 0.15) is 29.2 Å². The average Bonchev–Trinajstić information content (AvgIpc) is 3.16. The molecule has 6 aromatic carbocycles. The second kappa shape index (κ2) is 16.4. The lowest BCUT2D eigenvalue weighted by Gasteiger charge is -2.29. The summed E-state index contributed by atoms with van der Waals surface area (Å²) in [6.45, 7) is 10.7. The van der Waals surface area contributed by atoms with Crippen LogP contribution in [0, 0.1) is 0 Å². The molecule has 0 fully saturated rings. The van der Waals surface area contributed by atoms with E-state index in [1.165, 1.54) is 17.9 Å². The van der Waals surface area contributed by atoms with Crippen LogP contribution in [0.2, 0.25) is 0 Å². The number of rotatable bonds is 15. The molecule has 0 radical (unpaired) electrons. The van der Waals surface area contributed by atoms with Crippen molar-refractivity contribution in [3.8, 4) is 5.75 Å². The molecular weight excluding hydrogens is 618 g/mol. The van der Waals surface area contributed by atoms with Gasteiger partial charge in [-0.3, -0.25) is 0 Å². The number of hydrogen-bond donors (Lipinski definition) is 0. The van der Waals surface area contributed by atoms with Gasteiger partial charge in [-0.1, -0.05) is 110 Å². The lowest BCUT2D eigenvalue weighted by atomic mass is 9.93. The van der Waals surface area contributed by atoms with Gasteiger partial charge in [0, 0.05) is 41.1 Å². The summed E-state index contributed by atoms with van der Waals surface area (Å²) in [5.41, 5.74) is 7.69. The molecule has 0 N–H and O–H groups in total. The SMILES string of the molecule is C=COCCc1ccc(N(c2ccc(CCOC(=O)C=C)cc2)c2c3ccccc3c(C=Cc3ccc(OCC)cc3)c3ccccc23)cc1. The number of nitrogens with zero attached hydrogens (tertiary/aromatic N) is 1. The predicted molar refractivity (Wildman–Crippen MR) is 207 cm³/mol. The molecule has 5 heteroatoms. The molecule has 0 aromatic heterocycles. The van der Waals surface area contributed by atoms with E-state index in [9.17, 15) is 4.79 Å². The molecule has 0 bridgehead atoms. The van der Waals surface area contributed by atoms with E-state index in [0.29, 0.717) is 26.2 Å². The molecule has 0 saturated heterocycles. The molecule has 6 rings (SSSR count). The first kappa shape index (κ1) is 33.8. The Morgan fingerprint density at radius 2 is 1.20 bits per heavy atom. The highest BCUT2D eigenvalue weighted by Crippen LogP contribution is 2.45. The molecule has 0 atom stereocenters. The van der Waals surface area contributed by atoms with Gasteiger partial charge in [0.1, 0.15) is 5.75 Å². The number of carbonyl (C=O) groups excluding carboxylic acids is 1. The summed E-state index contributed by atoms with van der Waals surface area (Å²) in [6.07, 6.45) is 8.47. The first-order chi connectivity index (χ1) is 24.6. The molecule has 0 amide bonds. The van der Waals surface area contributed by atoms with Crippen LogP contribution in [0.5, 0.6) is 5.75 Å². The highest BCUT2D eigenvalue weighted by molar-refractivity contribution is 6.19. The van der Waals surface area contributed by atoms with Gasteiger partial charge in [0.15, 0.2) is 0 Å². The first-order valence-corrected chi connectivity index (χ1v) is 16.9. The highest BCUT2D eigenvalue weighted by Gasteiger charge is 2.21. The van der Waals surface area contributed by atoms with E-state index >= 15 is 0 Å². The van der Waals surface area contributed by atoms with Crippen molar-refractivity contribution in [3.05, 3.63) is 169 Å². The Morgan fingerprint density at radius 1 is 0.660 bits per heavy atom. The smallest absolute Gasteiger partial charge is 0.330 e. The number of esters is 1. The molecule has 250 valence electrons. The summed E-state index contributed by atoms with van der Waals surface area (Å²) in [4.78, 5) is 13.9. The Hall–Kier alpha value is -6.07. The van der Waals surface area contributed by atoms with Crippen molar-refractivity contribution in [3.63, 3.8) is 0 Å². The normalized spacial score (nSPS) is 11.1. The van der Waals surface area contributed by atoms with Gasteiger partial charge < -0.3 is 19.1 Å². The Kier molecular flexibility index (Phi) is 11.1. The van der Waals surface area contributed by atoms with E-state index in [-0.39, 0.29) is 0 Å². The fourth-order valence-corrected chi connectivity index (χ4v) is 6.20. The minimum absolute atomic E-state index is 0.297. The number of benzene rings is 6. The summed E-state index contributed by atoms with van der Waals surface area (Å²) in [6, 6.07) is 42.6. The maximum Gasteiger partial charge on any atom is 0.330 e. The molecular formula is C45H41NO4. The van der Waals surface area contributed by atoms with Crippen LogP contribution in [-0.4, -0.2) is 25.8 Å². The van der Waals surface area contributed by atoms with Gasteiger partial charge in [0.2, 0.25) is 0 Å². The molecule has 5 nitrogen and oxygen atoms in total. The lowest BCUT2D eigenvalue weighted by molar-refractivity contribution is -0.137. The zero-order valence-electron chi connectivity index (χ0n) is 28.4. The molecule has 0 unspecified atom stereocenters. The number of ether oxygens (including phenoxy) is 3. The highest BCUT2D eigenvalue weighted by atomic mass is 16.5. The van der Waals surface area contributed by atoms with Gasteiger partial charge in [-0.25, -0.2) is 4.79 Å². The van der Waals surface area contributed by atoms with E-state index in [1.54, 1.807) is 0 Å². The van der Waals surface area contributed by atoms with Crippen LogP contribution in [0.3, 0.4) is 0 Å². The number of anilines is 3. The zero-order chi connectivity index (χ0) is 34.7. The molecule has 6 aromatic rings. The predicted octanol–water partition coefficient (Wildman–Crippen LogP) is 11.0. The summed E-state index contributed by atoms with van der Waals surface area (Å²) < 4.78 is 16.3. The molecule has 50 heavy (non-hydrogen) atoms. The monoisotopic (exact) mass is 659 g/mol. The van der Waals surface area contributed by atoms with Gasteiger partial charge in [-0.2, -0.15) is 0 Å². The zero-order valence-corrected chi connectivity index (χ0v) is 28.4. The van der Waals surface area contributed by atoms with Gasteiger partial charge in [0.05, 0.1) is 31.8 Å². The van der Waals surface area contributed by atoms with E-state index in [0.717, 1.165) is 67.5 Å². The molecule has 0 aliphatic heterocycles. The fourth-order valence-electron chi connectivity index (χ4n) is 6.20. The van der Waals surface area contributed by atoms with Crippen LogP contribution in [-0.2, 0) is 27.1 Å². The van der Waals surface area contributed by atoms with Crippen molar-refractivity contribution in [2.45, 2.75) is 19.8 Å². The van der Waals surface area contributed by atoms with Crippen LogP contribution in [0.4, 0.5) is 17.1 Å². The van der Waals surface area contributed by atoms with Crippen molar-refractivity contribution in [1.82, 2.24) is 0 Å². The van der Waals surface area contributed by atoms with Crippen molar-refractivity contribution < 1.29 is 19.0 Å². The maximum atomic E-state index is 11.6. The largest absolute Gasteiger partial charge is 0.501 e. The van der Waals surface area contributed by atoms with Crippen LogP contribution in [0.25, 0.3) is 33.7 Å². The van der Waals surface area contributed by atoms with Crippen LogP contribution in [0.15, 0.2) is 147 Å². The summed E-state index contributed by atoms with van der Waals surface area (Å²) in [5.74, 6) is 0.455. The summed E-state index contributed by atoms with van der Waals surface area (Å²) in [7, 11) is 0. The molecule has 0 spiro atoms. The minimum atomic E-state index is -0.413. The minimum Gasteiger partial charge on any atom is -0.501 e. The van der Waals surface area contributed by atoms with Crippen molar-refractivity contribution in [2.24, 2.45) is 0 Å². The Morgan fingerprint density at radius 3 is 1.72 bits per heavy atom. The second-order valence-electron chi connectivity index (χ2n) is 11.8. The maximum absolute atomic E-state index is 11.6. The van der Waals surface area contributed by atoms with Gasteiger partial charge in [-0.05, 0) is 76.3 Å². The Bertz CT molecular complexity index is 2060. The van der Waals surface area contributed by atoms with E-state index in [4.69, 9.17) is 14.2 Å². The van der Waals surface area contributed by atoms with Crippen molar-refractivity contribution in [2.75, 3.05) is 24.7 Å². The number of carbonyl (C=O) groups is 1. The number of fused-ring (bicyclic) bond motifs is 2. The Balaban J connectivity index is 1.48. The van der Waals surface area contributed by atoms with Crippen molar-refractivity contribution >= 4 is 56.7 Å². The Labute approximate surface area is 294 Å². The molecule has 0 saturated carbocycles. The third-order valence-electron chi connectivity index (χ3n) is 8.62. The van der Waals surface area contributed by atoms with E-state index < -0.39 is 5.97 Å². The standard InChI is InChI=1S/C45H41NO4/c1-4-44(47)50-32-30-35-17-24-37(25-18-35)46(36-22-15-34(16-23-36)29-31-48-5-2)45-42-13-9-7-11-39(42)41(40-12-8-10-14-43(40)45)28-21-33-19-26-38(27-20-33)49-6-3/h4-5,7-28H,1-2,6,29-32H2,3H3. The van der Waals surface area contributed by atoms with Gasteiger partial charge >= 0.3 is 5.97 Å². The second-order valence-corrected chi connectivity index (χ2v) is 11.8. The van der Waals surface area contributed by atoms with Crippen LogP contribution < -0.4 is 9.64 Å². The third-order valence-corrected chi connectivity index (χ3v) is 8.62. The van der Waals surface area contributed by atoms with Gasteiger partial charge in [-0.15, -0.1) is 0 Å². The third kappa shape index (κ3) is 7.79. The van der Waals surface area contributed by atoms with Crippen molar-refractivity contribution in [1.29, 1.82) is 0 Å². The quantitative estimate of drug-likeness (QED) is 0.0274. The van der Waals surface area contributed by atoms with E-state index in [2.05, 4.69) is 139 Å². The average molecular weight is 660 g/mol. The first-order valence-electron chi connectivity index (χ1n) is 16.9. The summed E-state index contributed by atoms with van der Waals surface area (Å²) >= 11 is 0. The molecule has 0 heterocycles. The molecule has 0 aliphatic rings. The van der Waals surface area contributed by atoms with Gasteiger partial charge in [0.25, 0.3) is 0 Å². The lowest BCUT2D eigenvalue weighted by Crippen LogP contribution is -2.12. The van der Waals surface area contributed by atoms with Crippen LogP contribution >= 0.6 is 0 Å². The topological polar surface area (TPSA) is 48.0 Å².